The molecule has 2 nitrogen and oxygen atoms in total. The Morgan fingerprint density at radius 2 is 1.95 bits per heavy atom. The lowest BCUT2D eigenvalue weighted by Gasteiger charge is -2.08. The van der Waals surface area contributed by atoms with Crippen molar-refractivity contribution in [2.75, 3.05) is 5.73 Å². The Hall–Kier alpha value is -2.42. The van der Waals surface area contributed by atoms with Crippen LogP contribution < -0.4 is 5.73 Å². The van der Waals surface area contributed by atoms with Crippen molar-refractivity contribution in [2.24, 2.45) is 0 Å². The fourth-order valence-electron chi connectivity index (χ4n) is 2.35. The number of hydrogen-bond acceptors (Lipinski definition) is 2. The smallest absolute Gasteiger partial charge is 0.131 e. The molecule has 0 atom stereocenters. The number of nitrogen functional groups attached to an aromatic ring is 1. The van der Waals surface area contributed by atoms with Gasteiger partial charge < -0.3 is 5.73 Å². The third kappa shape index (κ3) is 2.11. The van der Waals surface area contributed by atoms with E-state index in [9.17, 15) is 4.39 Å². The van der Waals surface area contributed by atoms with Crippen molar-refractivity contribution in [2.45, 2.75) is 13.3 Å². The third-order valence-electron chi connectivity index (χ3n) is 3.53. The van der Waals surface area contributed by atoms with Gasteiger partial charge in [-0.2, -0.15) is 0 Å². The van der Waals surface area contributed by atoms with Crippen molar-refractivity contribution < 1.29 is 4.39 Å². The molecule has 0 fully saturated rings. The fourth-order valence-corrected chi connectivity index (χ4v) is 2.35. The summed E-state index contributed by atoms with van der Waals surface area (Å²) in [6.07, 6.45) is 2.50. The van der Waals surface area contributed by atoms with Gasteiger partial charge in [-0.1, -0.05) is 25.1 Å². The summed E-state index contributed by atoms with van der Waals surface area (Å²) in [6.45, 7) is 2.01. The fraction of sp³-hybridized carbons (Fsp3) is 0.118. The zero-order chi connectivity index (χ0) is 14.1. The van der Waals surface area contributed by atoms with Gasteiger partial charge in [0, 0.05) is 22.8 Å². The van der Waals surface area contributed by atoms with Crippen molar-refractivity contribution in [3.05, 3.63) is 60.0 Å². The van der Waals surface area contributed by atoms with Crippen LogP contribution in [0.3, 0.4) is 0 Å². The van der Waals surface area contributed by atoms with Crippen LogP contribution in [-0.4, -0.2) is 4.98 Å². The van der Waals surface area contributed by atoms with Gasteiger partial charge in [0.25, 0.3) is 0 Å². The van der Waals surface area contributed by atoms with E-state index < -0.39 is 0 Å². The van der Waals surface area contributed by atoms with Gasteiger partial charge in [-0.25, -0.2) is 4.39 Å². The first-order valence-corrected chi connectivity index (χ1v) is 6.62. The van der Waals surface area contributed by atoms with Gasteiger partial charge in [-0.15, -0.1) is 0 Å². The molecule has 0 radical (unpaired) electrons. The molecule has 2 N–H and O–H groups in total. The average molecular weight is 266 g/mol. The van der Waals surface area contributed by atoms with Crippen molar-refractivity contribution in [1.82, 2.24) is 4.98 Å². The number of pyridine rings is 1. The number of hydrogen-bond donors (Lipinski definition) is 1. The van der Waals surface area contributed by atoms with Crippen LogP contribution >= 0.6 is 0 Å². The van der Waals surface area contributed by atoms with Crippen LogP contribution in [0.1, 0.15) is 12.5 Å². The molecule has 3 heteroatoms. The standard InChI is InChI=1S/C17H15FN2/c1-2-11-3-5-13(15(18)9-11)12-4-6-17-14(10-12)16(19)7-8-20-17/h3-10H,2H2,1H3,(H2,19,20). The van der Waals surface area contributed by atoms with E-state index in [0.717, 1.165) is 28.5 Å². The molecule has 2 aromatic carbocycles. The molecule has 0 unspecified atom stereocenters. The summed E-state index contributed by atoms with van der Waals surface area (Å²) in [4.78, 5) is 4.25. The highest BCUT2D eigenvalue weighted by molar-refractivity contribution is 5.93. The lowest BCUT2D eigenvalue weighted by Crippen LogP contribution is -1.91. The number of benzene rings is 2. The summed E-state index contributed by atoms with van der Waals surface area (Å²) < 4.78 is 14.2. The van der Waals surface area contributed by atoms with Crippen LogP contribution in [0.5, 0.6) is 0 Å². The number of nitrogens with zero attached hydrogens (tertiary/aromatic N) is 1. The summed E-state index contributed by atoms with van der Waals surface area (Å²) in [6, 6.07) is 12.8. The monoisotopic (exact) mass is 266 g/mol. The molecule has 0 saturated carbocycles. The molecule has 0 saturated heterocycles. The van der Waals surface area contributed by atoms with E-state index in [0.29, 0.717) is 11.3 Å². The van der Waals surface area contributed by atoms with Gasteiger partial charge in [0.05, 0.1) is 5.52 Å². The zero-order valence-electron chi connectivity index (χ0n) is 11.2. The van der Waals surface area contributed by atoms with E-state index in [4.69, 9.17) is 5.73 Å². The van der Waals surface area contributed by atoms with Crippen molar-refractivity contribution in [3.8, 4) is 11.1 Å². The van der Waals surface area contributed by atoms with Gasteiger partial charge in [0.15, 0.2) is 0 Å². The van der Waals surface area contributed by atoms with Crippen molar-refractivity contribution in [1.29, 1.82) is 0 Å². The maximum atomic E-state index is 14.2. The first kappa shape index (κ1) is 12.6. The van der Waals surface area contributed by atoms with E-state index in [1.54, 1.807) is 18.3 Å². The highest BCUT2D eigenvalue weighted by atomic mass is 19.1. The molecule has 0 bridgehead atoms. The van der Waals surface area contributed by atoms with Gasteiger partial charge in [-0.05, 0) is 41.8 Å². The predicted octanol–water partition coefficient (Wildman–Crippen LogP) is 4.19. The van der Waals surface area contributed by atoms with E-state index in [-0.39, 0.29) is 5.82 Å². The lowest BCUT2D eigenvalue weighted by molar-refractivity contribution is 0.629. The van der Waals surface area contributed by atoms with E-state index in [1.807, 2.05) is 37.3 Å². The topological polar surface area (TPSA) is 38.9 Å². The molecule has 0 aliphatic heterocycles. The number of aryl methyl sites for hydroxylation is 1. The summed E-state index contributed by atoms with van der Waals surface area (Å²) >= 11 is 0. The van der Waals surface area contributed by atoms with Crippen LogP contribution in [0.25, 0.3) is 22.0 Å². The maximum absolute atomic E-state index is 14.2. The van der Waals surface area contributed by atoms with E-state index in [2.05, 4.69) is 4.98 Å². The Morgan fingerprint density at radius 1 is 1.10 bits per heavy atom. The number of halogens is 1. The molecular formula is C17H15FN2. The number of rotatable bonds is 2. The third-order valence-corrected chi connectivity index (χ3v) is 3.53. The first-order chi connectivity index (χ1) is 9.69. The highest BCUT2D eigenvalue weighted by Gasteiger charge is 2.08. The van der Waals surface area contributed by atoms with Gasteiger partial charge in [0.1, 0.15) is 5.82 Å². The van der Waals surface area contributed by atoms with Crippen LogP contribution in [0.4, 0.5) is 10.1 Å². The molecule has 3 rings (SSSR count). The van der Waals surface area contributed by atoms with Gasteiger partial charge in [-0.3, -0.25) is 4.98 Å². The molecule has 0 aliphatic carbocycles. The molecule has 100 valence electrons. The minimum atomic E-state index is -0.203. The zero-order valence-corrected chi connectivity index (χ0v) is 11.2. The number of fused-ring (bicyclic) bond motifs is 1. The molecule has 1 heterocycles. The second-order valence-electron chi connectivity index (χ2n) is 4.80. The van der Waals surface area contributed by atoms with Crippen LogP contribution in [0, 0.1) is 5.82 Å². The minimum Gasteiger partial charge on any atom is -0.398 e. The predicted molar refractivity (Wildman–Crippen MR) is 80.9 cm³/mol. The summed E-state index contributed by atoms with van der Waals surface area (Å²) in [5.41, 5.74) is 9.83. The van der Waals surface area contributed by atoms with Crippen LogP contribution in [0.15, 0.2) is 48.7 Å². The molecular weight excluding hydrogens is 251 g/mol. The largest absolute Gasteiger partial charge is 0.398 e. The molecule has 3 aromatic rings. The summed E-state index contributed by atoms with van der Waals surface area (Å²) in [7, 11) is 0. The minimum absolute atomic E-state index is 0.203. The van der Waals surface area contributed by atoms with Gasteiger partial charge >= 0.3 is 0 Å². The molecule has 0 spiro atoms. The Kier molecular flexibility index (Phi) is 3.11. The summed E-state index contributed by atoms with van der Waals surface area (Å²) in [5, 5.41) is 0.851. The van der Waals surface area contributed by atoms with Crippen molar-refractivity contribution in [3.63, 3.8) is 0 Å². The number of nitrogens with two attached hydrogens (primary N) is 1. The summed E-state index contributed by atoms with van der Waals surface area (Å²) in [5.74, 6) is -0.203. The highest BCUT2D eigenvalue weighted by Crippen LogP contribution is 2.28. The SMILES string of the molecule is CCc1ccc(-c2ccc3nccc(N)c3c2)c(F)c1. The van der Waals surface area contributed by atoms with Crippen molar-refractivity contribution >= 4 is 16.6 Å². The van der Waals surface area contributed by atoms with E-state index >= 15 is 0 Å². The quantitative estimate of drug-likeness (QED) is 0.755. The Morgan fingerprint density at radius 3 is 2.70 bits per heavy atom. The Bertz CT molecular complexity index is 781. The molecule has 20 heavy (non-hydrogen) atoms. The first-order valence-electron chi connectivity index (χ1n) is 6.62. The average Bonchev–Trinajstić information content (AvgIpc) is 2.47. The normalized spacial score (nSPS) is 10.9. The number of aromatic nitrogens is 1. The molecule has 0 aliphatic rings. The van der Waals surface area contributed by atoms with E-state index in [1.165, 1.54) is 0 Å². The molecule has 0 amide bonds. The number of anilines is 1. The Balaban J connectivity index is 2.17. The second kappa shape index (κ2) is 4.93. The Labute approximate surface area is 117 Å². The second-order valence-corrected chi connectivity index (χ2v) is 4.80. The maximum Gasteiger partial charge on any atom is 0.131 e. The molecule has 1 aromatic heterocycles. The van der Waals surface area contributed by atoms with Crippen LogP contribution in [0.2, 0.25) is 0 Å². The van der Waals surface area contributed by atoms with Gasteiger partial charge in [0.2, 0.25) is 0 Å². The lowest BCUT2D eigenvalue weighted by atomic mass is 10.00. The van der Waals surface area contributed by atoms with Crippen LogP contribution in [-0.2, 0) is 6.42 Å².